The van der Waals surface area contributed by atoms with Gasteiger partial charge in [0.05, 0.1) is 35.0 Å². The van der Waals surface area contributed by atoms with Crippen molar-refractivity contribution in [2.45, 2.75) is 5.16 Å². The van der Waals surface area contributed by atoms with Crippen molar-refractivity contribution in [1.29, 1.82) is 0 Å². The molecule has 7 nitrogen and oxygen atoms in total. The van der Waals surface area contributed by atoms with E-state index in [2.05, 4.69) is 4.98 Å². The average Bonchev–Trinajstić information content (AvgIpc) is 2.83. The summed E-state index contributed by atoms with van der Waals surface area (Å²) in [6.07, 6.45) is 0. The standard InChI is InChI=1S/C24H18N2O5S/c1-31-18-12-8-15(9-13-18)21(27)14-32-24-25-20-5-3-2-4-19(20)22(28)26(24)17-10-6-16(7-11-17)23(29)30/h2-13H,14H2,1H3,(H,29,30). The number of aromatic nitrogens is 2. The topological polar surface area (TPSA) is 98.5 Å². The van der Waals surface area contributed by atoms with E-state index in [1.165, 1.54) is 16.7 Å². The SMILES string of the molecule is COc1ccc(C(=O)CSc2nc3ccccc3c(=O)n2-c2ccc(C(=O)O)cc2)cc1. The van der Waals surface area contributed by atoms with Gasteiger partial charge < -0.3 is 9.84 Å². The van der Waals surface area contributed by atoms with Gasteiger partial charge in [0.25, 0.3) is 5.56 Å². The molecule has 32 heavy (non-hydrogen) atoms. The smallest absolute Gasteiger partial charge is 0.335 e. The molecule has 0 radical (unpaired) electrons. The number of para-hydroxylation sites is 1. The summed E-state index contributed by atoms with van der Waals surface area (Å²) in [4.78, 5) is 41.7. The lowest BCUT2D eigenvalue weighted by Crippen LogP contribution is -2.22. The van der Waals surface area contributed by atoms with Gasteiger partial charge in [0, 0.05) is 5.56 Å². The Kier molecular flexibility index (Phi) is 6.04. The van der Waals surface area contributed by atoms with E-state index in [1.807, 2.05) is 0 Å². The second-order valence-corrected chi connectivity index (χ2v) is 7.79. The number of aromatic carboxylic acids is 1. The molecule has 0 unspecified atom stereocenters. The maximum absolute atomic E-state index is 13.2. The molecule has 0 saturated heterocycles. The highest BCUT2D eigenvalue weighted by atomic mass is 32.2. The quantitative estimate of drug-likeness (QED) is 0.260. The van der Waals surface area contributed by atoms with Gasteiger partial charge in [-0.25, -0.2) is 9.78 Å². The second kappa shape index (κ2) is 9.07. The zero-order valence-electron chi connectivity index (χ0n) is 17.0. The van der Waals surface area contributed by atoms with E-state index in [1.54, 1.807) is 67.8 Å². The molecule has 1 aromatic heterocycles. The van der Waals surface area contributed by atoms with Gasteiger partial charge in [-0.1, -0.05) is 23.9 Å². The molecular formula is C24H18N2O5S. The molecule has 0 bridgehead atoms. The monoisotopic (exact) mass is 446 g/mol. The summed E-state index contributed by atoms with van der Waals surface area (Å²) in [7, 11) is 1.56. The van der Waals surface area contributed by atoms with E-state index in [9.17, 15) is 14.4 Å². The minimum atomic E-state index is -1.06. The van der Waals surface area contributed by atoms with E-state index in [-0.39, 0.29) is 22.7 Å². The molecule has 0 aliphatic carbocycles. The van der Waals surface area contributed by atoms with Crippen molar-refractivity contribution in [3.05, 3.63) is 94.3 Å². The molecule has 0 atom stereocenters. The predicted molar refractivity (Wildman–Crippen MR) is 122 cm³/mol. The maximum Gasteiger partial charge on any atom is 0.335 e. The van der Waals surface area contributed by atoms with Crippen LogP contribution in [0.1, 0.15) is 20.7 Å². The molecule has 3 aromatic carbocycles. The number of methoxy groups -OCH3 is 1. The molecular weight excluding hydrogens is 428 g/mol. The zero-order valence-corrected chi connectivity index (χ0v) is 17.8. The Bertz CT molecular complexity index is 1360. The van der Waals surface area contributed by atoms with E-state index < -0.39 is 5.97 Å². The van der Waals surface area contributed by atoms with Crippen molar-refractivity contribution >= 4 is 34.4 Å². The highest BCUT2D eigenvalue weighted by molar-refractivity contribution is 7.99. The van der Waals surface area contributed by atoms with Crippen molar-refractivity contribution in [2.75, 3.05) is 12.9 Å². The molecule has 0 aliphatic rings. The third-order valence-corrected chi connectivity index (χ3v) is 5.80. The van der Waals surface area contributed by atoms with Crippen LogP contribution in [-0.4, -0.2) is 39.3 Å². The molecule has 0 amide bonds. The molecule has 4 rings (SSSR count). The second-order valence-electron chi connectivity index (χ2n) is 6.84. The molecule has 0 aliphatic heterocycles. The van der Waals surface area contributed by atoms with Gasteiger partial charge in [0.1, 0.15) is 5.75 Å². The first-order chi connectivity index (χ1) is 15.5. The van der Waals surface area contributed by atoms with Crippen LogP contribution >= 0.6 is 11.8 Å². The molecule has 1 heterocycles. The lowest BCUT2D eigenvalue weighted by molar-refractivity contribution is 0.0696. The van der Waals surface area contributed by atoms with Gasteiger partial charge in [-0.2, -0.15) is 0 Å². The number of carbonyl (C=O) groups excluding carboxylic acids is 1. The van der Waals surface area contributed by atoms with Crippen LogP contribution in [0.5, 0.6) is 5.75 Å². The Morgan fingerprint density at radius 1 is 0.969 bits per heavy atom. The van der Waals surface area contributed by atoms with Gasteiger partial charge in [0.2, 0.25) is 0 Å². The number of nitrogens with zero attached hydrogens (tertiary/aromatic N) is 2. The van der Waals surface area contributed by atoms with Crippen LogP contribution in [0.4, 0.5) is 0 Å². The van der Waals surface area contributed by atoms with Crippen molar-refractivity contribution in [3.63, 3.8) is 0 Å². The Morgan fingerprint density at radius 3 is 2.28 bits per heavy atom. The van der Waals surface area contributed by atoms with E-state index in [0.29, 0.717) is 33.1 Å². The number of carboxylic acid groups (broad SMARTS) is 1. The third kappa shape index (κ3) is 4.26. The normalized spacial score (nSPS) is 10.8. The van der Waals surface area contributed by atoms with E-state index in [4.69, 9.17) is 9.84 Å². The van der Waals surface area contributed by atoms with Gasteiger partial charge in [-0.05, 0) is 60.7 Å². The third-order valence-electron chi connectivity index (χ3n) is 4.86. The number of carbonyl (C=O) groups is 2. The molecule has 160 valence electrons. The summed E-state index contributed by atoms with van der Waals surface area (Å²) in [6.45, 7) is 0. The number of fused-ring (bicyclic) bond motifs is 1. The minimum Gasteiger partial charge on any atom is -0.497 e. The van der Waals surface area contributed by atoms with Gasteiger partial charge in [0.15, 0.2) is 10.9 Å². The fourth-order valence-electron chi connectivity index (χ4n) is 3.18. The average molecular weight is 446 g/mol. The maximum atomic E-state index is 13.2. The number of carboxylic acids is 1. The van der Waals surface area contributed by atoms with Crippen LogP contribution in [0.2, 0.25) is 0 Å². The summed E-state index contributed by atoms with van der Waals surface area (Å²) < 4.78 is 6.52. The Hall–Kier alpha value is -3.91. The number of thioether (sulfide) groups is 1. The lowest BCUT2D eigenvalue weighted by atomic mass is 10.1. The van der Waals surface area contributed by atoms with Crippen LogP contribution in [-0.2, 0) is 0 Å². The number of ketones is 1. The van der Waals surface area contributed by atoms with Gasteiger partial charge in [-0.15, -0.1) is 0 Å². The van der Waals surface area contributed by atoms with Gasteiger partial charge >= 0.3 is 5.97 Å². The van der Waals surface area contributed by atoms with Crippen molar-refractivity contribution in [1.82, 2.24) is 9.55 Å². The van der Waals surface area contributed by atoms with Crippen molar-refractivity contribution in [2.24, 2.45) is 0 Å². The number of hydrogen-bond acceptors (Lipinski definition) is 6. The highest BCUT2D eigenvalue weighted by Gasteiger charge is 2.16. The lowest BCUT2D eigenvalue weighted by Gasteiger charge is -2.13. The fourth-order valence-corrected chi connectivity index (χ4v) is 4.09. The molecule has 0 spiro atoms. The number of rotatable bonds is 7. The summed E-state index contributed by atoms with van der Waals surface area (Å²) in [5, 5.41) is 9.93. The van der Waals surface area contributed by atoms with Crippen LogP contribution in [0.25, 0.3) is 16.6 Å². The Morgan fingerprint density at radius 2 is 1.62 bits per heavy atom. The fraction of sp³-hybridized carbons (Fsp3) is 0.0833. The van der Waals surface area contributed by atoms with E-state index in [0.717, 1.165) is 11.8 Å². The summed E-state index contributed by atoms with van der Waals surface area (Å²) in [5.41, 5.74) is 1.34. The van der Waals surface area contributed by atoms with E-state index >= 15 is 0 Å². The van der Waals surface area contributed by atoms with Crippen molar-refractivity contribution in [3.8, 4) is 11.4 Å². The first-order valence-electron chi connectivity index (χ1n) is 9.63. The van der Waals surface area contributed by atoms with Crippen LogP contribution in [0, 0.1) is 0 Å². The van der Waals surface area contributed by atoms with Crippen molar-refractivity contribution < 1.29 is 19.4 Å². The molecule has 8 heteroatoms. The minimum absolute atomic E-state index is 0.0737. The first-order valence-corrected chi connectivity index (χ1v) is 10.6. The summed E-state index contributed by atoms with van der Waals surface area (Å²) in [6, 6.07) is 19.7. The number of ether oxygens (including phenoxy) is 1. The zero-order chi connectivity index (χ0) is 22.7. The molecule has 4 aromatic rings. The van der Waals surface area contributed by atoms with Crippen LogP contribution in [0.3, 0.4) is 0 Å². The molecule has 1 N–H and O–H groups in total. The summed E-state index contributed by atoms with van der Waals surface area (Å²) in [5.74, 6) is -0.443. The first kappa shape index (κ1) is 21.3. The Balaban J connectivity index is 1.72. The summed E-state index contributed by atoms with van der Waals surface area (Å²) >= 11 is 1.15. The highest BCUT2D eigenvalue weighted by Crippen LogP contribution is 2.23. The molecule has 0 saturated carbocycles. The largest absolute Gasteiger partial charge is 0.497 e. The predicted octanol–water partition coefficient (Wildman–Crippen LogP) is 4.07. The number of Topliss-reactive ketones (excluding diaryl/α,β-unsaturated/α-hetero) is 1. The van der Waals surface area contributed by atoms with Gasteiger partial charge in [-0.3, -0.25) is 14.2 Å². The van der Waals surface area contributed by atoms with Crippen LogP contribution < -0.4 is 10.3 Å². The number of benzene rings is 3. The molecule has 0 fully saturated rings. The Labute approximate surface area is 187 Å². The van der Waals surface area contributed by atoms with Crippen LogP contribution in [0.15, 0.2) is 82.7 Å². The number of hydrogen-bond donors (Lipinski definition) is 1.